The molecule has 0 bridgehead atoms. The Hall–Kier alpha value is -1.14. The minimum Gasteiger partial charge on any atom is -0.399 e. The topological polar surface area (TPSA) is 69.4 Å². The van der Waals surface area contributed by atoms with Crippen LogP contribution >= 0.6 is 0 Å². The van der Waals surface area contributed by atoms with Gasteiger partial charge >= 0.3 is 0 Å². The molecule has 6 heteroatoms. The van der Waals surface area contributed by atoms with Crippen LogP contribution in [0.1, 0.15) is 25.7 Å². The van der Waals surface area contributed by atoms with Gasteiger partial charge in [-0.3, -0.25) is 0 Å². The van der Waals surface area contributed by atoms with E-state index in [2.05, 4.69) is 0 Å². The summed E-state index contributed by atoms with van der Waals surface area (Å²) in [6.45, 7) is 0. The van der Waals surface area contributed by atoms with Gasteiger partial charge in [-0.05, 0) is 43.9 Å². The quantitative estimate of drug-likeness (QED) is 0.865. The lowest BCUT2D eigenvalue weighted by Crippen LogP contribution is -2.31. The zero-order valence-electron chi connectivity index (χ0n) is 10.8. The summed E-state index contributed by atoms with van der Waals surface area (Å²) in [6, 6.07) is 3.45. The molecular formula is C13H18FNO3S. The van der Waals surface area contributed by atoms with Crippen molar-refractivity contribution in [3.8, 4) is 0 Å². The monoisotopic (exact) mass is 287 g/mol. The lowest BCUT2D eigenvalue weighted by Gasteiger charge is -2.28. The van der Waals surface area contributed by atoms with Crippen LogP contribution in [0.25, 0.3) is 0 Å². The van der Waals surface area contributed by atoms with E-state index in [1.165, 1.54) is 6.07 Å². The minimum atomic E-state index is -3.55. The molecule has 2 rings (SSSR count). The molecule has 106 valence electrons. The van der Waals surface area contributed by atoms with Crippen LogP contribution in [0.2, 0.25) is 0 Å². The lowest BCUT2D eigenvalue weighted by atomic mass is 9.97. The molecule has 4 nitrogen and oxygen atoms in total. The van der Waals surface area contributed by atoms with Gasteiger partial charge in [0, 0.05) is 12.8 Å². The number of methoxy groups -OCH3 is 1. The molecule has 1 fully saturated rings. The van der Waals surface area contributed by atoms with Crippen molar-refractivity contribution in [2.24, 2.45) is 0 Å². The fraction of sp³-hybridized carbons (Fsp3) is 0.538. The molecular weight excluding hydrogens is 269 g/mol. The van der Waals surface area contributed by atoms with Gasteiger partial charge in [0.1, 0.15) is 5.82 Å². The van der Waals surface area contributed by atoms with Crippen molar-refractivity contribution in [2.75, 3.05) is 12.8 Å². The standard InChI is InChI=1S/C13H18FNO3S/c1-18-11-3-2-4-12(8-11)19(16,17)13-6-9(14)5-10(15)7-13/h5-7,11-12H,2-4,8,15H2,1H3. The van der Waals surface area contributed by atoms with Gasteiger partial charge in [0.05, 0.1) is 16.2 Å². The zero-order chi connectivity index (χ0) is 14.0. The van der Waals surface area contributed by atoms with E-state index >= 15 is 0 Å². The predicted molar refractivity (Wildman–Crippen MR) is 71.1 cm³/mol. The maximum atomic E-state index is 13.3. The van der Waals surface area contributed by atoms with E-state index in [-0.39, 0.29) is 16.7 Å². The number of ether oxygens (including phenoxy) is 1. The maximum Gasteiger partial charge on any atom is 0.181 e. The van der Waals surface area contributed by atoms with Crippen molar-refractivity contribution in [2.45, 2.75) is 41.9 Å². The third kappa shape index (κ3) is 3.06. The first-order chi connectivity index (χ1) is 8.93. The number of nitrogens with two attached hydrogens (primary N) is 1. The van der Waals surface area contributed by atoms with Crippen LogP contribution in [-0.2, 0) is 14.6 Å². The van der Waals surface area contributed by atoms with Gasteiger partial charge < -0.3 is 10.5 Å². The second-order valence-corrected chi connectivity index (χ2v) is 7.14. The summed E-state index contributed by atoms with van der Waals surface area (Å²) in [7, 11) is -1.97. The Morgan fingerprint density at radius 1 is 1.32 bits per heavy atom. The molecule has 2 N–H and O–H groups in total. The predicted octanol–water partition coefficient (Wildman–Crippen LogP) is 2.14. The fourth-order valence-electron chi connectivity index (χ4n) is 2.54. The first kappa shape index (κ1) is 14.3. The van der Waals surface area contributed by atoms with Crippen molar-refractivity contribution in [1.29, 1.82) is 0 Å². The smallest absolute Gasteiger partial charge is 0.181 e. The molecule has 0 saturated heterocycles. The van der Waals surface area contributed by atoms with E-state index in [9.17, 15) is 12.8 Å². The second kappa shape index (κ2) is 5.46. The molecule has 1 aliphatic carbocycles. The molecule has 0 radical (unpaired) electrons. The highest BCUT2D eigenvalue weighted by molar-refractivity contribution is 7.92. The Morgan fingerprint density at radius 3 is 2.68 bits per heavy atom. The number of sulfone groups is 1. The van der Waals surface area contributed by atoms with Crippen molar-refractivity contribution >= 4 is 15.5 Å². The van der Waals surface area contributed by atoms with Crippen molar-refractivity contribution in [1.82, 2.24) is 0 Å². The van der Waals surface area contributed by atoms with Crippen molar-refractivity contribution in [3.05, 3.63) is 24.0 Å². The van der Waals surface area contributed by atoms with Gasteiger partial charge in [0.25, 0.3) is 0 Å². The summed E-state index contributed by atoms with van der Waals surface area (Å²) in [6.07, 6.45) is 2.66. The molecule has 2 atom stereocenters. The van der Waals surface area contributed by atoms with Gasteiger partial charge in [-0.15, -0.1) is 0 Å². The first-order valence-electron chi connectivity index (χ1n) is 6.26. The maximum absolute atomic E-state index is 13.3. The average molecular weight is 287 g/mol. The molecule has 0 amide bonds. The number of benzene rings is 1. The van der Waals surface area contributed by atoms with E-state index in [1.54, 1.807) is 7.11 Å². The van der Waals surface area contributed by atoms with Gasteiger partial charge in [0.2, 0.25) is 0 Å². The summed E-state index contributed by atoms with van der Waals surface area (Å²) in [4.78, 5) is -0.0354. The molecule has 1 aliphatic rings. The molecule has 1 aromatic carbocycles. The average Bonchev–Trinajstić information content (AvgIpc) is 2.37. The summed E-state index contributed by atoms with van der Waals surface area (Å²) < 4.78 is 43.5. The molecule has 1 saturated carbocycles. The van der Waals surface area contributed by atoms with Gasteiger partial charge in [0.15, 0.2) is 9.84 Å². The zero-order valence-corrected chi connectivity index (χ0v) is 11.6. The highest BCUT2D eigenvalue weighted by Gasteiger charge is 2.33. The molecule has 19 heavy (non-hydrogen) atoms. The molecule has 0 aromatic heterocycles. The van der Waals surface area contributed by atoms with Crippen LogP contribution in [0.5, 0.6) is 0 Å². The third-order valence-corrected chi connectivity index (χ3v) is 5.77. The van der Waals surface area contributed by atoms with Crippen molar-refractivity contribution in [3.63, 3.8) is 0 Å². The van der Waals surface area contributed by atoms with Crippen LogP contribution in [0.3, 0.4) is 0 Å². The number of hydrogen-bond acceptors (Lipinski definition) is 4. The number of halogens is 1. The molecule has 0 aliphatic heterocycles. The summed E-state index contributed by atoms with van der Waals surface area (Å²) >= 11 is 0. The normalized spacial score (nSPS) is 24.3. The minimum absolute atomic E-state index is 0.0354. The van der Waals surface area contributed by atoms with E-state index < -0.39 is 20.9 Å². The molecule has 0 spiro atoms. The van der Waals surface area contributed by atoms with Crippen molar-refractivity contribution < 1.29 is 17.5 Å². The van der Waals surface area contributed by atoms with E-state index in [4.69, 9.17) is 10.5 Å². The first-order valence-corrected chi connectivity index (χ1v) is 7.81. The molecule has 2 unspecified atom stereocenters. The van der Waals surface area contributed by atoms with Crippen LogP contribution in [-0.4, -0.2) is 26.9 Å². The Balaban J connectivity index is 2.31. The number of hydrogen-bond donors (Lipinski definition) is 1. The van der Waals surface area contributed by atoms with Gasteiger partial charge in [-0.25, -0.2) is 12.8 Å². The Morgan fingerprint density at radius 2 is 2.05 bits per heavy atom. The SMILES string of the molecule is COC1CCCC(S(=O)(=O)c2cc(N)cc(F)c2)C1. The van der Waals surface area contributed by atoms with Gasteiger partial charge in [-0.2, -0.15) is 0 Å². The van der Waals surface area contributed by atoms with E-state index in [0.717, 1.165) is 25.0 Å². The number of anilines is 1. The highest BCUT2D eigenvalue weighted by Crippen LogP contribution is 2.31. The summed E-state index contributed by atoms with van der Waals surface area (Å²) in [5.74, 6) is -0.627. The van der Waals surface area contributed by atoms with Crippen LogP contribution in [0, 0.1) is 5.82 Å². The van der Waals surface area contributed by atoms with E-state index in [0.29, 0.717) is 12.8 Å². The van der Waals surface area contributed by atoms with Crippen LogP contribution in [0.15, 0.2) is 23.1 Å². The Kier molecular flexibility index (Phi) is 4.10. The Labute approximate surface area is 112 Å². The summed E-state index contributed by atoms with van der Waals surface area (Å²) in [5.41, 5.74) is 5.63. The molecule has 0 heterocycles. The third-order valence-electron chi connectivity index (χ3n) is 3.57. The lowest BCUT2D eigenvalue weighted by molar-refractivity contribution is 0.0720. The Bertz CT molecular complexity index is 539. The van der Waals surface area contributed by atoms with E-state index in [1.807, 2.05) is 0 Å². The fourth-order valence-corrected chi connectivity index (χ4v) is 4.45. The summed E-state index contributed by atoms with van der Waals surface area (Å²) in [5, 5.41) is -0.521. The van der Waals surface area contributed by atoms with Crippen LogP contribution in [0.4, 0.5) is 10.1 Å². The number of nitrogen functional groups attached to an aromatic ring is 1. The van der Waals surface area contributed by atoms with Crippen LogP contribution < -0.4 is 5.73 Å². The second-order valence-electron chi connectivity index (χ2n) is 4.91. The largest absolute Gasteiger partial charge is 0.399 e. The van der Waals surface area contributed by atoms with Gasteiger partial charge in [-0.1, -0.05) is 0 Å². The number of rotatable bonds is 3. The molecule has 1 aromatic rings. The highest BCUT2D eigenvalue weighted by atomic mass is 32.2.